The van der Waals surface area contributed by atoms with Crippen LogP contribution in [0.3, 0.4) is 0 Å². The first-order valence-electron chi connectivity index (χ1n) is 6.82. The van der Waals surface area contributed by atoms with Crippen molar-refractivity contribution < 1.29 is 4.74 Å². The molecule has 1 unspecified atom stereocenters. The van der Waals surface area contributed by atoms with Crippen molar-refractivity contribution in [2.45, 2.75) is 44.6 Å². The molecule has 1 heterocycles. The predicted molar refractivity (Wildman–Crippen MR) is 66.7 cm³/mol. The Morgan fingerprint density at radius 2 is 2.31 bits per heavy atom. The monoisotopic (exact) mass is 226 g/mol. The zero-order valence-electron chi connectivity index (χ0n) is 10.6. The highest BCUT2D eigenvalue weighted by Crippen LogP contribution is 2.28. The van der Waals surface area contributed by atoms with Gasteiger partial charge in [0.05, 0.1) is 0 Å². The molecule has 94 valence electrons. The zero-order valence-corrected chi connectivity index (χ0v) is 10.6. The van der Waals surface area contributed by atoms with Crippen LogP contribution >= 0.6 is 0 Å². The summed E-state index contributed by atoms with van der Waals surface area (Å²) >= 11 is 0. The minimum Gasteiger partial charge on any atom is -0.381 e. The SMILES string of the molecule is CC1(CNCCCOCC2CC2)CCCN1. The molecule has 2 aliphatic rings. The molecule has 0 aromatic carbocycles. The predicted octanol–water partition coefficient (Wildman–Crippen LogP) is 1.53. The smallest absolute Gasteiger partial charge is 0.0494 e. The number of rotatable bonds is 8. The number of hydrogen-bond acceptors (Lipinski definition) is 3. The van der Waals surface area contributed by atoms with Gasteiger partial charge in [-0.05, 0) is 58.0 Å². The summed E-state index contributed by atoms with van der Waals surface area (Å²) < 4.78 is 5.60. The molecule has 1 aliphatic heterocycles. The van der Waals surface area contributed by atoms with Crippen LogP contribution in [-0.4, -0.2) is 38.4 Å². The Hall–Kier alpha value is -0.120. The molecule has 1 saturated heterocycles. The molecule has 0 spiro atoms. The van der Waals surface area contributed by atoms with Crippen LogP contribution in [-0.2, 0) is 4.74 Å². The Balaban J connectivity index is 1.39. The molecular formula is C13H26N2O. The molecule has 16 heavy (non-hydrogen) atoms. The summed E-state index contributed by atoms with van der Waals surface area (Å²) in [7, 11) is 0. The zero-order chi connectivity index (χ0) is 11.3. The van der Waals surface area contributed by atoms with Gasteiger partial charge in [0.2, 0.25) is 0 Å². The first-order valence-corrected chi connectivity index (χ1v) is 6.82. The van der Waals surface area contributed by atoms with Crippen molar-refractivity contribution in [2.75, 3.05) is 32.8 Å². The lowest BCUT2D eigenvalue weighted by Crippen LogP contribution is -2.45. The molecule has 2 fully saturated rings. The van der Waals surface area contributed by atoms with E-state index in [-0.39, 0.29) is 0 Å². The Morgan fingerprint density at radius 3 is 3.00 bits per heavy atom. The normalized spacial score (nSPS) is 29.8. The molecule has 1 saturated carbocycles. The van der Waals surface area contributed by atoms with E-state index >= 15 is 0 Å². The molecule has 3 nitrogen and oxygen atoms in total. The van der Waals surface area contributed by atoms with Crippen molar-refractivity contribution in [3.63, 3.8) is 0 Å². The number of hydrogen-bond donors (Lipinski definition) is 2. The average molecular weight is 226 g/mol. The van der Waals surface area contributed by atoms with Crippen LogP contribution < -0.4 is 10.6 Å². The van der Waals surface area contributed by atoms with Crippen LogP contribution in [0.1, 0.15) is 39.0 Å². The summed E-state index contributed by atoms with van der Waals surface area (Å²) in [6.45, 7) is 7.60. The van der Waals surface area contributed by atoms with Crippen LogP contribution in [0.5, 0.6) is 0 Å². The molecule has 1 atom stereocenters. The minimum absolute atomic E-state index is 0.342. The largest absolute Gasteiger partial charge is 0.381 e. The van der Waals surface area contributed by atoms with E-state index in [1.54, 1.807) is 0 Å². The third-order valence-corrected chi connectivity index (χ3v) is 3.66. The average Bonchev–Trinajstić information content (AvgIpc) is 2.99. The number of nitrogens with one attached hydrogen (secondary N) is 2. The second kappa shape index (κ2) is 5.99. The van der Waals surface area contributed by atoms with Gasteiger partial charge >= 0.3 is 0 Å². The van der Waals surface area contributed by atoms with Gasteiger partial charge in [-0.15, -0.1) is 0 Å². The van der Waals surface area contributed by atoms with Crippen LogP contribution in [0.4, 0.5) is 0 Å². The lowest BCUT2D eigenvalue weighted by Gasteiger charge is -2.24. The molecular weight excluding hydrogens is 200 g/mol. The Morgan fingerprint density at radius 1 is 1.44 bits per heavy atom. The summed E-state index contributed by atoms with van der Waals surface area (Å²) in [6, 6.07) is 0. The molecule has 0 radical (unpaired) electrons. The van der Waals surface area contributed by atoms with Gasteiger partial charge in [-0.1, -0.05) is 0 Å². The van der Waals surface area contributed by atoms with Crippen LogP contribution in [0.25, 0.3) is 0 Å². The lowest BCUT2D eigenvalue weighted by molar-refractivity contribution is 0.121. The fourth-order valence-electron chi connectivity index (χ4n) is 2.31. The molecule has 2 rings (SSSR count). The van der Waals surface area contributed by atoms with Gasteiger partial charge in [-0.25, -0.2) is 0 Å². The quantitative estimate of drug-likeness (QED) is 0.616. The van der Waals surface area contributed by atoms with Crippen molar-refractivity contribution in [2.24, 2.45) is 5.92 Å². The van der Waals surface area contributed by atoms with E-state index < -0.39 is 0 Å². The Kier molecular flexibility index (Phi) is 4.62. The molecule has 0 aromatic heterocycles. The second-order valence-corrected chi connectivity index (χ2v) is 5.64. The third kappa shape index (κ3) is 4.40. The molecule has 0 bridgehead atoms. The van der Waals surface area contributed by atoms with Crippen LogP contribution in [0.2, 0.25) is 0 Å². The fourth-order valence-corrected chi connectivity index (χ4v) is 2.31. The van der Waals surface area contributed by atoms with E-state index in [0.29, 0.717) is 5.54 Å². The van der Waals surface area contributed by atoms with Gasteiger partial charge in [-0.3, -0.25) is 0 Å². The summed E-state index contributed by atoms with van der Waals surface area (Å²) in [4.78, 5) is 0. The van der Waals surface area contributed by atoms with Gasteiger partial charge in [0.15, 0.2) is 0 Å². The highest BCUT2D eigenvalue weighted by atomic mass is 16.5. The molecule has 2 N–H and O–H groups in total. The van der Waals surface area contributed by atoms with Crippen molar-refractivity contribution in [1.82, 2.24) is 10.6 Å². The van der Waals surface area contributed by atoms with Crippen molar-refractivity contribution in [1.29, 1.82) is 0 Å². The first kappa shape index (κ1) is 12.3. The minimum atomic E-state index is 0.342. The van der Waals surface area contributed by atoms with E-state index in [2.05, 4.69) is 17.6 Å². The summed E-state index contributed by atoms with van der Waals surface area (Å²) in [5.74, 6) is 0.898. The van der Waals surface area contributed by atoms with Gasteiger partial charge in [0, 0.05) is 25.3 Å². The fraction of sp³-hybridized carbons (Fsp3) is 1.00. The standard InChI is InChI=1S/C13H26N2O/c1-13(6-2-8-15-13)11-14-7-3-9-16-10-12-4-5-12/h12,14-15H,2-11H2,1H3. The Labute approximate surface area is 99.3 Å². The van der Waals surface area contributed by atoms with Gasteiger partial charge in [0.1, 0.15) is 0 Å². The summed E-state index contributed by atoms with van der Waals surface area (Å²) in [5, 5.41) is 7.09. The molecule has 1 aliphatic carbocycles. The summed E-state index contributed by atoms with van der Waals surface area (Å²) in [5.41, 5.74) is 0.342. The summed E-state index contributed by atoms with van der Waals surface area (Å²) in [6.07, 6.45) is 6.55. The molecule has 0 aromatic rings. The van der Waals surface area contributed by atoms with E-state index in [1.807, 2.05) is 0 Å². The maximum absolute atomic E-state index is 5.60. The maximum atomic E-state index is 5.60. The van der Waals surface area contributed by atoms with Gasteiger partial charge < -0.3 is 15.4 Å². The number of ether oxygens (including phenoxy) is 1. The molecule has 0 amide bonds. The lowest BCUT2D eigenvalue weighted by atomic mass is 10.0. The maximum Gasteiger partial charge on any atom is 0.0494 e. The van der Waals surface area contributed by atoms with Crippen molar-refractivity contribution in [3.05, 3.63) is 0 Å². The van der Waals surface area contributed by atoms with Gasteiger partial charge in [-0.2, -0.15) is 0 Å². The van der Waals surface area contributed by atoms with Crippen LogP contribution in [0, 0.1) is 5.92 Å². The van der Waals surface area contributed by atoms with E-state index in [9.17, 15) is 0 Å². The van der Waals surface area contributed by atoms with Crippen molar-refractivity contribution in [3.8, 4) is 0 Å². The topological polar surface area (TPSA) is 33.3 Å². The van der Waals surface area contributed by atoms with E-state index in [0.717, 1.165) is 38.6 Å². The van der Waals surface area contributed by atoms with E-state index in [4.69, 9.17) is 4.74 Å². The highest BCUT2D eigenvalue weighted by molar-refractivity contribution is 4.90. The third-order valence-electron chi connectivity index (χ3n) is 3.66. The van der Waals surface area contributed by atoms with E-state index in [1.165, 1.54) is 32.2 Å². The van der Waals surface area contributed by atoms with Crippen LogP contribution in [0.15, 0.2) is 0 Å². The first-order chi connectivity index (χ1) is 7.79. The Bertz CT molecular complexity index is 198. The highest BCUT2D eigenvalue weighted by Gasteiger charge is 2.26. The van der Waals surface area contributed by atoms with Gasteiger partial charge in [0.25, 0.3) is 0 Å². The molecule has 3 heteroatoms. The second-order valence-electron chi connectivity index (χ2n) is 5.64. The van der Waals surface area contributed by atoms with Crippen molar-refractivity contribution >= 4 is 0 Å².